The number of allylic oxidation sites excluding steroid dienone is 1. The van der Waals surface area contributed by atoms with Crippen LogP contribution in [-0.2, 0) is 32.7 Å². The molecule has 0 amide bonds. The summed E-state index contributed by atoms with van der Waals surface area (Å²) < 4.78 is 0. The van der Waals surface area contributed by atoms with E-state index in [1.54, 1.807) is 6.08 Å². The van der Waals surface area contributed by atoms with Crippen LogP contribution in [-0.4, -0.2) is 10.7 Å². The van der Waals surface area contributed by atoms with Crippen LogP contribution < -0.4 is 0 Å². The summed E-state index contributed by atoms with van der Waals surface area (Å²) in [7, 11) is 0. The molecule has 0 unspecified atom stereocenters. The smallest absolute Gasteiger partial charge is 0 e. The predicted octanol–water partition coefficient (Wildman–Crippen LogP) is 1.48. The number of hydrogen-bond acceptors (Lipinski definition) is 1. The maximum atomic E-state index is 9.37. The van der Waals surface area contributed by atoms with Gasteiger partial charge in [-0.1, -0.05) is 24.9 Å². The monoisotopic (exact) mass is 213 g/mol. The van der Waals surface area contributed by atoms with Gasteiger partial charge in [0.2, 0.25) is 0 Å². The van der Waals surface area contributed by atoms with E-state index < -0.39 is 5.60 Å². The van der Waals surface area contributed by atoms with E-state index in [4.69, 9.17) is 0 Å². The van der Waals surface area contributed by atoms with Crippen molar-refractivity contribution in [3.05, 3.63) is 19.1 Å². The van der Waals surface area contributed by atoms with Gasteiger partial charge in [-0.3, -0.25) is 6.08 Å². The molecule has 1 rings (SSSR count). The van der Waals surface area contributed by atoms with Crippen LogP contribution in [0.1, 0.15) is 25.7 Å². The molecule has 1 radical (unpaired) electrons. The molecule has 1 fully saturated rings. The zero-order valence-corrected chi connectivity index (χ0v) is 8.98. The molecular weight excluding hydrogens is 201 g/mol. The Labute approximate surface area is 87.8 Å². The molecule has 0 aromatic rings. The molecule has 0 heterocycles. The Morgan fingerprint density at radius 3 is 2.50 bits per heavy atom. The summed E-state index contributed by atoms with van der Waals surface area (Å²) in [6.07, 6.45) is 8.33. The van der Waals surface area contributed by atoms with Crippen molar-refractivity contribution in [3.63, 3.8) is 0 Å². The van der Waals surface area contributed by atoms with E-state index in [0.717, 1.165) is 25.7 Å². The summed E-state index contributed by atoms with van der Waals surface area (Å²) in [4.78, 5) is 0. The second-order valence-electron chi connectivity index (χ2n) is 2.52. The minimum Gasteiger partial charge on any atom is -0.470 e. The third kappa shape index (κ3) is 2.81. The average Bonchev–Trinajstić information content (AvgIpc) is 1.79. The van der Waals surface area contributed by atoms with Crippen LogP contribution in [0.25, 0.3) is 0 Å². The van der Waals surface area contributed by atoms with Crippen molar-refractivity contribution in [2.75, 3.05) is 0 Å². The predicted molar refractivity (Wildman–Crippen MR) is 36.6 cm³/mol. The Morgan fingerprint density at radius 2 is 2.20 bits per heavy atom. The molecule has 0 aromatic carbocycles. The van der Waals surface area contributed by atoms with Crippen LogP contribution in [0.15, 0.2) is 6.08 Å². The summed E-state index contributed by atoms with van der Waals surface area (Å²) in [5, 5.41) is 9.37. The van der Waals surface area contributed by atoms with Gasteiger partial charge in [-0.05, 0) is 0 Å². The molecule has 1 saturated carbocycles. The van der Waals surface area contributed by atoms with E-state index in [0.29, 0.717) is 0 Å². The molecule has 1 aliphatic carbocycles. The minimum absolute atomic E-state index is 0. The fourth-order valence-corrected chi connectivity index (χ4v) is 0.918. The summed E-state index contributed by atoms with van der Waals surface area (Å²) in [5.41, 5.74) is -0.572. The van der Waals surface area contributed by atoms with Crippen LogP contribution in [0.5, 0.6) is 0 Å². The molecule has 1 nitrogen and oxygen atoms in total. The van der Waals surface area contributed by atoms with Crippen molar-refractivity contribution in [2.45, 2.75) is 31.3 Å². The Bertz CT molecular complexity index is 116. The van der Waals surface area contributed by atoms with Crippen molar-refractivity contribution in [3.8, 4) is 0 Å². The van der Waals surface area contributed by atoms with Crippen molar-refractivity contribution < 1.29 is 37.8 Å². The van der Waals surface area contributed by atoms with Crippen LogP contribution in [0.3, 0.4) is 0 Å². The fourth-order valence-electron chi connectivity index (χ4n) is 0.918. The van der Waals surface area contributed by atoms with Crippen LogP contribution >= 0.6 is 0 Å². The number of aliphatic hydroxyl groups is 1. The molecule has 0 saturated heterocycles. The van der Waals surface area contributed by atoms with Crippen molar-refractivity contribution >= 4 is 0 Å². The number of hydrogen-bond donors (Lipinski definition) is 1. The molecule has 2 heteroatoms. The van der Waals surface area contributed by atoms with Crippen molar-refractivity contribution in [2.24, 2.45) is 0 Å². The molecule has 0 spiro atoms. The summed E-state index contributed by atoms with van der Waals surface area (Å²) in [6.45, 7) is 3.62. The molecule has 1 aliphatic rings. The van der Waals surface area contributed by atoms with Gasteiger partial charge >= 0.3 is 0 Å². The first-order valence-corrected chi connectivity index (χ1v) is 3.38. The van der Waals surface area contributed by atoms with Gasteiger partial charge < -0.3 is 18.1 Å². The van der Waals surface area contributed by atoms with Crippen molar-refractivity contribution in [1.82, 2.24) is 0 Å². The summed E-state index contributed by atoms with van der Waals surface area (Å²) >= 11 is 0. The normalized spacial score (nSPS) is 21.8. The van der Waals surface area contributed by atoms with Gasteiger partial charge in [0.15, 0.2) is 0 Å². The maximum absolute atomic E-state index is 9.37. The van der Waals surface area contributed by atoms with Gasteiger partial charge in [-0.25, -0.2) is 0 Å². The molecule has 0 atom stereocenters. The van der Waals surface area contributed by atoms with Crippen LogP contribution in [0, 0.1) is 13.0 Å². The quantitative estimate of drug-likeness (QED) is 0.689. The van der Waals surface area contributed by atoms with Crippen LogP contribution in [0.2, 0.25) is 0 Å². The first-order valence-electron chi connectivity index (χ1n) is 3.38. The molecule has 0 aromatic heterocycles. The molecule has 1 N–H and O–H groups in total. The van der Waals surface area contributed by atoms with Gasteiger partial charge in [-0.2, -0.15) is 6.42 Å². The van der Waals surface area contributed by atoms with Gasteiger partial charge in [0.05, 0.1) is 0 Å². The fraction of sp³-hybridized carbons (Fsp3) is 0.625. The average molecular weight is 213 g/mol. The largest absolute Gasteiger partial charge is 0.470 e. The maximum Gasteiger partial charge on any atom is 0 e. The van der Waals surface area contributed by atoms with E-state index in [1.807, 2.05) is 0 Å². The first kappa shape index (κ1) is 10.8. The van der Waals surface area contributed by atoms with E-state index >= 15 is 0 Å². The molecule has 10 heavy (non-hydrogen) atoms. The van der Waals surface area contributed by atoms with E-state index in [1.165, 1.54) is 0 Å². The minimum atomic E-state index is -0.572. The van der Waals surface area contributed by atoms with Gasteiger partial charge in [-0.15, -0.1) is 0 Å². The molecule has 55 valence electrons. The van der Waals surface area contributed by atoms with Gasteiger partial charge in [0.1, 0.15) is 0 Å². The Balaban J connectivity index is 0.000000810. The third-order valence-corrected chi connectivity index (χ3v) is 1.70. The number of rotatable bonds is 2. The molecular formula is C8H12OY-2. The van der Waals surface area contributed by atoms with E-state index in [2.05, 4.69) is 13.0 Å². The van der Waals surface area contributed by atoms with E-state index in [9.17, 15) is 5.11 Å². The molecule has 0 aliphatic heterocycles. The molecule has 0 bridgehead atoms. The van der Waals surface area contributed by atoms with Gasteiger partial charge in [0, 0.05) is 32.7 Å². The second kappa shape index (κ2) is 4.64. The summed E-state index contributed by atoms with van der Waals surface area (Å²) in [5.74, 6) is 0. The SMILES string of the molecule is [CH2-]CC=[C-]C1(O)CCC1.[Y]. The van der Waals surface area contributed by atoms with Crippen molar-refractivity contribution in [1.29, 1.82) is 0 Å². The third-order valence-electron chi connectivity index (χ3n) is 1.70. The Morgan fingerprint density at radius 1 is 1.60 bits per heavy atom. The topological polar surface area (TPSA) is 20.2 Å². The first-order chi connectivity index (χ1) is 4.27. The Hall–Kier alpha value is 0.804. The zero-order valence-electron chi connectivity index (χ0n) is 6.14. The van der Waals surface area contributed by atoms with Gasteiger partial charge in [0.25, 0.3) is 0 Å². The van der Waals surface area contributed by atoms with E-state index in [-0.39, 0.29) is 32.7 Å². The zero-order chi connectivity index (χ0) is 6.74. The van der Waals surface area contributed by atoms with Crippen LogP contribution in [0.4, 0.5) is 0 Å². The second-order valence-corrected chi connectivity index (χ2v) is 2.52. The summed E-state index contributed by atoms with van der Waals surface area (Å²) in [6, 6.07) is 0. The standard InChI is InChI=1S/C8H12O.Y/c1-2-3-5-8(9)6-4-7-8;/h3,9H,1-2,4,6-7H2;/q-2;. The Kier molecular flexibility index (Phi) is 5.01.